The molecule has 1 spiro atoms. The van der Waals surface area contributed by atoms with E-state index in [0.717, 1.165) is 32.7 Å². The van der Waals surface area contributed by atoms with Crippen LogP contribution in [0.1, 0.15) is 33.7 Å². The molecule has 1 aliphatic heterocycles. The van der Waals surface area contributed by atoms with Gasteiger partial charge in [-0.25, -0.2) is 15.0 Å². The van der Waals surface area contributed by atoms with Crippen molar-refractivity contribution < 1.29 is 0 Å². The summed E-state index contributed by atoms with van der Waals surface area (Å²) in [4.78, 5) is 17.8. The molecule has 0 N–H and O–H groups in total. The van der Waals surface area contributed by atoms with Crippen molar-refractivity contribution in [1.29, 1.82) is 5.26 Å². The summed E-state index contributed by atoms with van der Waals surface area (Å²) in [5, 5.41) is 9.87. The van der Waals surface area contributed by atoms with Gasteiger partial charge in [0.15, 0.2) is 17.5 Å². The van der Waals surface area contributed by atoms with E-state index >= 15 is 0 Å². The largest absolute Gasteiger partial charge is 0.208 e. The Hall–Kier alpha value is -6.35. The Morgan fingerprint density at radius 2 is 1.08 bits per heavy atom. The molecular formula is C47H30N4S. The van der Waals surface area contributed by atoms with Crippen LogP contribution in [-0.4, -0.2) is 15.0 Å². The van der Waals surface area contributed by atoms with E-state index in [0.29, 0.717) is 23.0 Å². The Bertz CT molecular complexity index is 2580. The van der Waals surface area contributed by atoms with Crippen molar-refractivity contribution in [3.63, 3.8) is 0 Å². The minimum absolute atomic E-state index is 0.155. The monoisotopic (exact) mass is 682 g/mol. The van der Waals surface area contributed by atoms with Crippen LogP contribution in [0.25, 0.3) is 45.3 Å². The average molecular weight is 683 g/mol. The van der Waals surface area contributed by atoms with Crippen LogP contribution in [0.3, 0.4) is 0 Å². The van der Waals surface area contributed by atoms with Crippen molar-refractivity contribution in [2.45, 2.75) is 21.1 Å². The number of hydrogen-bond donors (Lipinski definition) is 0. The zero-order chi connectivity index (χ0) is 34.6. The molecule has 10 rings (SSSR count). The van der Waals surface area contributed by atoms with Gasteiger partial charge in [-0.15, -0.1) is 0 Å². The van der Waals surface area contributed by atoms with Crippen LogP contribution in [0, 0.1) is 17.2 Å². The summed E-state index contributed by atoms with van der Waals surface area (Å²) < 4.78 is 0. The Morgan fingerprint density at radius 3 is 1.79 bits per heavy atom. The number of benzene rings is 6. The molecular weight excluding hydrogens is 653 g/mol. The predicted molar refractivity (Wildman–Crippen MR) is 208 cm³/mol. The standard InChI is InChI=1S/C47H30N4S/c48-29-30-14-11-19-33(28-30)34-22-12-26-40-42(34)52-43-37(46-50-44(31-15-3-1-4-16-31)49-45(51-46)32-17-5-2-6-18-32)23-13-27-41(43)47(40)38-24-9-7-20-35(38)36-21-8-10-25-39(36)47/h1-28,35,38H. The first-order valence-electron chi connectivity index (χ1n) is 17.5. The van der Waals surface area contributed by atoms with Crippen LogP contribution in [-0.2, 0) is 5.41 Å². The summed E-state index contributed by atoms with van der Waals surface area (Å²) in [6.07, 6.45) is 9.18. The fraction of sp³-hybridized carbons (Fsp3) is 0.0638. The first-order chi connectivity index (χ1) is 25.7. The molecule has 3 unspecified atom stereocenters. The van der Waals surface area contributed by atoms with Crippen molar-refractivity contribution in [2.24, 2.45) is 5.92 Å². The molecule has 0 radical (unpaired) electrons. The van der Waals surface area contributed by atoms with Gasteiger partial charge in [-0.1, -0.05) is 170 Å². The van der Waals surface area contributed by atoms with Gasteiger partial charge in [0.1, 0.15) is 0 Å². The topological polar surface area (TPSA) is 62.5 Å². The first kappa shape index (κ1) is 30.5. The van der Waals surface area contributed by atoms with E-state index in [1.165, 1.54) is 27.1 Å². The molecule has 4 nitrogen and oxygen atoms in total. The molecule has 0 saturated heterocycles. The molecule has 1 aromatic heterocycles. The molecule has 6 aromatic carbocycles. The minimum Gasteiger partial charge on any atom is -0.208 e. The van der Waals surface area contributed by atoms with Gasteiger partial charge in [-0.2, -0.15) is 5.26 Å². The Kier molecular flexibility index (Phi) is 7.12. The summed E-state index contributed by atoms with van der Waals surface area (Å²) in [5.41, 5.74) is 10.4. The lowest BCUT2D eigenvalue weighted by atomic mass is 9.62. The van der Waals surface area contributed by atoms with Crippen LogP contribution in [0.4, 0.5) is 0 Å². The normalized spacial score (nSPS) is 19.0. The highest BCUT2D eigenvalue weighted by Crippen LogP contribution is 2.66. The molecule has 0 saturated carbocycles. The lowest BCUT2D eigenvalue weighted by Gasteiger charge is -2.44. The lowest BCUT2D eigenvalue weighted by Crippen LogP contribution is -2.38. The third kappa shape index (κ3) is 4.58. The smallest absolute Gasteiger partial charge is 0.165 e. The molecule has 2 aliphatic carbocycles. The Labute approximate surface area is 306 Å². The fourth-order valence-electron chi connectivity index (χ4n) is 8.54. The summed E-state index contributed by atoms with van der Waals surface area (Å²) in [6.45, 7) is 0. The maximum atomic E-state index is 9.87. The number of allylic oxidation sites excluding steroid dienone is 4. The van der Waals surface area contributed by atoms with Crippen LogP contribution in [0.5, 0.6) is 0 Å². The van der Waals surface area contributed by atoms with Crippen molar-refractivity contribution >= 4 is 11.8 Å². The maximum Gasteiger partial charge on any atom is 0.165 e. The number of hydrogen-bond acceptors (Lipinski definition) is 5. The van der Waals surface area contributed by atoms with Crippen molar-refractivity contribution in [1.82, 2.24) is 15.0 Å². The molecule has 7 aromatic rings. The zero-order valence-electron chi connectivity index (χ0n) is 28.0. The van der Waals surface area contributed by atoms with Gasteiger partial charge in [0, 0.05) is 38.3 Å². The van der Waals surface area contributed by atoms with Crippen LogP contribution < -0.4 is 0 Å². The highest BCUT2D eigenvalue weighted by Gasteiger charge is 2.56. The third-order valence-corrected chi connectivity index (χ3v) is 12.0. The second-order valence-electron chi connectivity index (χ2n) is 13.4. The van der Waals surface area contributed by atoms with Crippen LogP contribution in [0.15, 0.2) is 180 Å². The predicted octanol–water partition coefficient (Wildman–Crippen LogP) is 11.0. The van der Waals surface area contributed by atoms with Gasteiger partial charge in [-0.3, -0.25) is 0 Å². The van der Waals surface area contributed by atoms with E-state index in [1.807, 2.05) is 54.6 Å². The summed E-state index contributed by atoms with van der Waals surface area (Å²) in [6, 6.07) is 53.0. The van der Waals surface area contributed by atoms with E-state index in [4.69, 9.17) is 15.0 Å². The van der Waals surface area contributed by atoms with Gasteiger partial charge >= 0.3 is 0 Å². The Balaban J connectivity index is 1.29. The van der Waals surface area contributed by atoms with Gasteiger partial charge in [0.05, 0.1) is 17.0 Å². The molecule has 5 heteroatoms. The van der Waals surface area contributed by atoms with Gasteiger partial charge in [-0.05, 0) is 45.5 Å². The maximum absolute atomic E-state index is 9.87. The molecule has 0 fully saturated rings. The van der Waals surface area contributed by atoms with Gasteiger partial charge in [0.25, 0.3) is 0 Å². The van der Waals surface area contributed by atoms with E-state index in [2.05, 4.69) is 121 Å². The highest BCUT2D eigenvalue weighted by atomic mass is 32.2. The summed E-state index contributed by atoms with van der Waals surface area (Å²) in [5.74, 6) is 2.30. The number of nitrogens with zero attached hydrogens (tertiary/aromatic N) is 4. The van der Waals surface area contributed by atoms with Crippen LogP contribution in [0.2, 0.25) is 0 Å². The fourth-order valence-corrected chi connectivity index (χ4v) is 9.99. The number of nitriles is 1. The second kappa shape index (κ2) is 12.2. The van der Waals surface area contributed by atoms with Crippen molar-refractivity contribution in [3.8, 4) is 51.4 Å². The molecule has 0 bridgehead atoms. The van der Waals surface area contributed by atoms with E-state index < -0.39 is 5.41 Å². The number of fused-ring (bicyclic) bond motifs is 9. The molecule has 2 heterocycles. The quantitative estimate of drug-likeness (QED) is 0.185. The molecule has 52 heavy (non-hydrogen) atoms. The lowest BCUT2D eigenvalue weighted by molar-refractivity contribution is 0.442. The molecule has 0 amide bonds. The van der Waals surface area contributed by atoms with E-state index in [1.54, 1.807) is 11.8 Å². The summed E-state index contributed by atoms with van der Waals surface area (Å²) in [7, 11) is 0. The second-order valence-corrected chi connectivity index (χ2v) is 14.4. The highest BCUT2D eigenvalue weighted by molar-refractivity contribution is 7.99. The molecule has 244 valence electrons. The van der Waals surface area contributed by atoms with Crippen molar-refractivity contribution in [2.75, 3.05) is 0 Å². The first-order valence-corrected chi connectivity index (χ1v) is 18.3. The van der Waals surface area contributed by atoms with Gasteiger partial charge in [0.2, 0.25) is 0 Å². The zero-order valence-corrected chi connectivity index (χ0v) is 28.8. The molecule has 3 aliphatic rings. The van der Waals surface area contributed by atoms with Gasteiger partial charge < -0.3 is 0 Å². The van der Waals surface area contributed by atoms with E-state index in [9.17, 15) is 5.26 Å². The third-order valence-electron chi connectivity index (χ3n) is 10.7. The molecule has 3 atom stereocenters. The Morgan fingerprint density at radius 1 is 0.519 bits per heavy atom. The minimum atomic E-state index is -0.477. The number of aromatic nitrogens is 3. The van der Waals surface area contributed by atoms with Crippen LogP contribution >= 0.6 is 11.8 Å². The SMILES string of the molecule is N#Cc1cccc(-c2cccc3c2Sc2c(-c4nc(-c5ccccc5)nc(-c5ccccc5)n4)cccc2C32c3ccccc3C3C=CC=CC32)c1. The average Bonchev–Trinajstić information content (AvgIpc) is 3.51. The summed E-state index contributed by atoms with van der Waals surface area (Å²) >= 11 is 1.79. The van der Waals surface area contributed by atoms with E-state index in [-0.39, 0.29) is 11.8 Å². The van der Waals surface area contributed by atoms with Crippen molar-refractivity contribution in [3.05, 3.63) is 198 Å². The number of rotatable bonds is 4.